The Kier molecular flexibility index (Phi) is 2.17. The number of benzene rings is 1. The van der Waals surface area contributed by atoms with E-state index in [0.29, 0.717) is 17.1 Å². The van der Waals surface area contributed by atoms with Crippen LogP contribution in [0.1, 0.15) is 25.7 Å². The lowest BCUT2D eigenvalue weighted by Gasteiger charge is -2.35. The molecule has 1 fully saturated rings. The molecule has 0 amide bonds. The number of rotatable bonds is 0. The van der Waals surface area contributed by atoms with Crippen LogP contribution in [0.3, 0.4) is 0 Å². The molecule has 0 unspecified atom stereocenters. The molecule has 0 radical (unpaired) electrons. The monoisotopic (exact) mass is 253 g/mol. The summed E-state index contributed by atoms with van der Waals surface area (Å²) in [6.07, 6.45) is 3.44. The smallest absolute Gasteiger partial charge is 0.187 e. The van der Waals surface area contributed by atoms with E-state index >= 15 is 0 Å². The molecule has 1 saturated carbocycles. The fourth-order valence-corrected chi connectivity index (χ4v) is 5.16. The van der Waals surface area contributed by atoms with Crippen molar-refractivity contribution in [3.8, 4) is 5.75 Å². The largest absolute Gasteiger partial charge is 0.508 e. The van der Waals surface area contributed by atoms with Gasteiger partial charge in [0, 0.05) is 12.6 Å². The molecule has 4 nitrogen and oxygen atoms in total. The second-order valence-electron chi connectivity index (χ2n) is 4.93. The molecule has 3 rings (SSSR count). The lowest BCUT2D eigenvalue weighted by atomic mass is 10.1. The van der Waals surface area contributed by atoms with Gasteiger partial charge in [0.1, 0.15) is 5.75 Å². The first-order chi connectivity index (χ1) is 8.05. The Morgan fingerprint density at radius 2 is 1.94 bits per heavy atom. The van der Waals surface area contributed by atoms with Crippen LogP contribution in [0.25, 0.3) is 0 Å². The molecule has 5 heteroatoms. The van der Waals surface area contributed by atoms with Gasteiger partial charge in [0.15, 0.2) is 9.84 Å². The van der Waals surface area contributed by atoms with Gasteiger partial charge in [-0.1, -0.05) is 12.8 Å². The number of hydrogen-bond donors (Lipinski definition) is 2. The quantitative estimate of drug-likeness (QED) is 0.741. The zero-order valence-corrected chi connectivity index (χ0v) is 10.3. The van der Waals surface area contributed by atoms with Crippen molar-refractivity contribution in [2.24, 2.45) is 0 Å². The van der Waals surface area contributed by atoms with Crippen LogP contribution < -0.4 is 5.32 Å². The first-order valence-corrected chi connectivity index (χ1v) is 7.35. The second kappa shape index (κ2) is 3.38. The van der Waals surface area contributed by atoms with E-state index in [9.17, 15) is 13.5 Å². The van der Waals surface area contributed by atoms with Crippen LogP contribution in [0.2, 0.25) is 0 Å². The molecule has 1 spiro atoms. The Hall–Kier alpha value is -1.23. The van der Waals surface area contributed by atoms with Gasteiger partial charge < -0.3 is 10.4 Å². The molecular formula is C12H15NO3S. The summed E-state index contributed by atoms with van der Waals surface area (Å²) in [7, 11) is -3.27. The maximum atomic E-state index is 12.6. The zero-order valence-electron chi connectivity index (χ0n) is 9.44. The van der Waals surface area contributed by atoms with E-state index in [1.807, 2.05) is 0 Å². The van der Waals surface area contributed by atoms with Gasteiger partial charge in [-0.3, -0.25) is 0 Å². The summed E-state index contributed by atoms with van der Waals surface area (Å²) >= 11 is 0. The van der Waals surface area contributed by atoms with Gasteiger partial charge in [0.25, 0.3) is 0 Å². The zero-order chi connectivity index (χ0) is 12.1. The number of nitrogens with one attached hydrogen (secondary N) is 1. The number of anilines is 1. The highest BCUT2D eigenvalue weighted by Crippen LogP contribution is 2.45. The lowest BCUT2D eigenvalue weighted by Crippen LogP contribution is -2.45. The summed E-state index contributed by atoms with van der Waals surface area (Å²) in [6, 6.07) is 4.42. The van der Waals surface area contributed by atoms with E-state index in [1.165, 1.54) is 18.2 Å². The van der Waals surface area contributed by atoms with Crippen LogP contribution in [0, 0.1) is 0 Å². The molecule has 1 aliphatic heterocycles. The van der Waals surface area contributed by atoms with E-state index in [4.69, 9.17) is 0 Å². The summed E-state index contributed by atoms with van der Waals surface area (Å²) in [6.45, 7) is 0.464. The molecule has 1 aliphatic carbocycles. The SMILES string of the molecule is O=S1(=O)c2ccc(O)cc2NCC12CCCC2. The number of phenols is 1. The lowest BCUT2D eigenvalue weighted by molar-refractivity contribution is 0.474. The van der Waals surface area contributed by atoms with E-state index in [-0.39, 0.29) is 5.75 Å². The third-order valence-electron chi connectivity index (χ3n) is 3.94. The number of hydrogen-bond acceptors (Lipinski definition) is 4. The highest BCUT2D eigenvalue weighted by Gasteiger charge is 2.49. The maximum Gasteiger partial charge on any atom is 0.187 e. The second-order valence-corrected chi connectivity index (χ2v) is 7.24. The molecule has 0 saturated heterocycles. The molecular weight excluding hydrogens is 238 g/mol. The maximum absolute atomic E-state index is 12.6. The topological polar surface area (TPSA) is 66.4 Å². The van der Waals surface area contributed by atoms with Gasteiger partial charge in [-0.05, 0) is 25.0 Å². The van der Waals surface area contributed by atoms with Gasteiger partial charge in [0.2, 0.25) is 0 Å². The predicted octanol–water partition coefficient (Wildman–Crippen LogP) is 1.90. The molecule has 0 bridgehead atoms. The average Bonchev–Trinajstić information content (AvgIpc) is 2.74. The highest BCUT2D eigenvalue weighted by molar-refractivity contribution is 7.93. The molecule has 1 aromatic rings. The third kappa shape index (κ3) is 1.38. The summed E-state index contributed by atoms with van der Waals surface area (Å²) < 4.78 is 24.6. The summed E-state index contributed by atoms with van der Waals surface area (Å²) in [5, 5.41) is 12.5. The van der Waals surface area contributed by atoms with E-state index in [0.717, 1.165) is 25.7 Å². The molecule has 92 valence electrons. The van der Waals surface area contributed by atoms with Gasteiger partial charge in [-0.2, -0.15) is 0 Å². The Morgan fingerprint density at radius 3 is 2.65 bits per heavy atom. The average molecular weight is 253 g/mol. The van der Waals surface area contributed by atoms with Crippen molar-refractivity contribution in [3.63, 3.8) is 0 Å². The highest BCUT2D eigenvalue weighted by atomic mass is 32.2. The van der Waals surface area contributed by atoms with Gasteiger partial charge in [0.05, 0.1) is 15.3 Å². The van der Waals surface area contributed by atoms with Crippen molar-refractivity contribution in [2.45, 2.75) is 35.3 Å². The van der Waals surface area contributed by atoms with Crippen LogP contribution in [0.5, 0.6) is 5.75 Å². The molecule has 1 heterocycles. The van der Waals surface area contributed by atoms with Crippen molar-refractivity contribution < 1.29 is 13.5 Å². The van der Waals surface area contributed by atoms with Crippen molar-refractivity contribution in [1.82, 2.24) is 0 Å². The summed E-state index contributed by atoms with van der Waals surface area (Å²) in [5.41, 5.74) is 0.530. The third-order valence-corrected chi connectivity index (χ3v) is 6.57. The van der Waals surface area contributed by atoms with Crippen molar-refractivity contribution >= 4 is 15.5 Å². The fraction of sp³-hybridized carbons (Fsp3) is 0.500. The van der Waals surface area contributed by atoms with E-state index in [1.54, 1.807) is 0 Å². The van der Waals surface area contributed by atoms with Crippen molar-refractivity contribution in [3.05, 3.63) is 18.2 Å². The Morgan fingerprint density at radius 1 is 1.24 bits per heavy atom. The fourth-order valence-electron chi connectivity index (χ4n) is 2.94. The number of sulfone groups is 1. The number of fused-ring (bicyclic) bond motifs is 1. The minimum atomic E-state index is -3.27. The molecule has 0 atom stereocenters. The molecule has 0 aromatic heterocycles. The van der Waals surface area contributed by atoms with E-state index in [2.05, 4.69) is 5.32 Å². The van der Waals surface area contributed by atoms with Gasteiger partial charge >= 0.3 is 0 Å². The summed E-state index contributed by atoms with van der Waals surface area (Å²) in [4.78, 5) is 0.337. The van der Waals surface area contributed by atoms with Crippen molar-refractivity contribution in [1.29, 1.82) is 0 Å². The molecule has 17 heavy (non-hydrogen) atoms. The van der Waals surface area contributed by atoms with Gasteiger partial charge in [-0.25, -0.2) is 8.42 Å². The number of phenolic OH excluding ortho intramolecular Hbond substituents is 1. The first kappa shape index (κ1) is 10.9. The van der Waals surface area contributed by atoms with Crippen LogP contribution >= 0.6 is 0 Å². The normalized spacial score (nSPS) is 24.2. The Balaban J connectivity index is 2.18. The van der Waals surface area contributed by atoms with Crippen LogP contribution in [-0.2, 0) is 9.84 Å². The number of aromatic hydroxyl groups is 1. The standard InChI is InChI=1S/C12H15NO3S/c14-9-3-4-11-10(7-9)13-8-12(17(11,15)16)5-1-2-6-12/h3-4,7,13-14H,1-2,5-6,8H2. The van der Waals surface area contributed by atoms with Crippen LogP contribution in [-0.4, -0.2) is 24.8 Å². The van der Waals surface area contributed by atoms with Crippen LogP contribution in [0.4, 0.5) is 5.69 Å². The van der Waals surface area contributed by atoms with Gasteiger partial charge in [-0.15, -0.1) is 0 Å². The first-order valence-electron chi connectivity index (χ1n) is 5.87. The van der Waals surface area contributed by atoms with Crippen molar-refractivity contribution in [2.75, 3.05) is 11.9 Å². The Bertz CT molecular complexity index is 559. The predicted molar refractivity (Wildman–Crippen MR) is 65.0 cm³/mol. The minimum Gasteiger partial charge on any atom is -0.508 e. The minimum absolute atomic E-state index is 0.0915. The van der Waals surface area contributed by atoms with E-state index < -0.39 is 14.6 Å². The molecule has 2 N–H and O–H groups in total. The molecule has 2 aliphatic rings. The summed E-state index contributed by atoms with van der Waals surface area (Å²) in [5.74, 6) is 0.0915. The van der Waals surface area contributed by atoms with Crippen LogP contribution in [0.15, 0.2) is 23.1 Å². The molecule has 1 aromatic carbocycles. The Labute approximate surface area is 101 Å².